The normalized spacial score (nSPS) is 22.9. The van der Waals surface area contributed by atoms with Crippen LogP contribution in [0.25, 0.3) is 0 Å². The van der Waals surface area contributed by atoms with Gasteiger partial charge in [-0.05, 0) is 37.2 Å². The van der Waals surface area contributed by atoms with E-state index in [9.17, 15) is 0 Å². The number of ether oxygens (including phenoxy) is 1. The molecule has 0 atom stereocenters. The highest BCUT2D eigenvalue weighted by atomic mass is 16.5. The van der Waals surface area contributed by atoms with Crippen LogP contribution in [0.3, 0.4) is 0 Å². The van der Waals surface area contributed by atoms with Crippen LogP contribution >= 0.6 is 0 Å². The van der Waals surface area contributed by atoms with Gasteiger partial charge in [-0.2, -0.15) is 0 Å². The van der Waals surface area contributed by atoms with Crippen molar-refractivity contribution in [1.29, 1.82) is 0 Å². The van der Waals surface area contributed by atoms with Crippen LogP contribution in [0.2, 0.25) is 0 Å². The maximum atomic E-state index is 5.85. The predicted molar refractivity (Wildman–Crippen MR) is 68.5 cm³/mol. The lowest BCUT2D eigenvalue weighted by molar-refractivity contribution is 0.112. The third kappa shape index (κ3) is 4.13. The van der Waals surface area contributed by atoms with E-state index in [-0.39, 0.29) is 0 Å². The molecule has 0 heterocycles. The molecule has 0 aromatic rings. The minimum Gasteiger partial charge on any atom is -0.376 e. The van der Waals surface area contributed by atoms with Gasteiger partial charge in [-0.25, -0.2) is 0 Å². The Morgan fingerprint density at radius 1 is 1.06 bits per heavy atom. The molecule has 0 saturated heterocycles. The van der Waals surface area contributed by atoms with E-state index >= 15 is 0 Å². The molecule has 2 aliphatic rings. The van der Waals surface area contributed by atoms with E-state index < -0.39 is 0 Å². The van der Waals surface area contributed by atoms with E-state index in [0.29, 0.717) is 0 Å². The second-order valence-electron chi connectivity index (χ2n) is 5.13. The van der Waals surface area contributed by atoms with Crippen LogP contribution in [0, 0.1) is 5.92 Å². The minimum atomic E-state index is 0.826. The fraction of sp³-hybridized carbons (Fsp3) is 0.733. The summed E-state index contributed by atoms with van der Waals surface area (Å²) in [5, 5.41) is 0. The minimum absolute atomic E-state index is 0.826. The van der Waals surface area contributed by atoms with Gasteiger partial charge < -0.3 is 4.74 Å². The van der Waals surface area contributed by atoms with Gasteiger partial charge in [0, 0.05) is 6.61 Å². The third-order valence-electron chi connectivity index (χ3n) is 3.67. The van der Waals surface area contributed by atoms with E-state index in [4.69, 9.17) is 4.74 Å². The zero-order chi connectivity index (χ0) is 11.1. The van der Waals surface area contributed by atoms with Crippen LogP contribution in [-0.4, -0.2) is 13.2 Å². The summed E-state index contributed by atoms with van der Waals surface area (Å²) in [6.45, 7) is 1.80. The van der Waals surface area contributed by atoms with Crippen molar-refractivity contribution in [1.82, 2.24) is 0 Å². The summed E-state index contributed by atoms with van der Waals surface area (Å²) in [5.41, 5.74) is 1.37. The average molecular weight is 220 g/mol. The Morgan fingerprint density at radius 2 is 1.88 bits per heavy atom. The summed E-state index contributed by atoms with van der Waals surface area (Å²) in [5.74, 6) is 0.829. The molecule has 0 amide bonds. The van der Waals surface area contributed by atoms with Crippen molar-refractivity contribution in [2.75, 3.05) is 13.2 Å². The van der Waals surface area contributed by atoms with Crippen molar-refractivity contribution in [2.24, 2.45) is 5.92 Å². The van der Waals surface area contributed by atoms with Gasteiger partial charge >= 0.3 is 0 Å². The first-order valence-electron chi connectivity index (χ1n) is 6.88. The molecule has 0 aromatic heterocycles. The first-order chi connectivity index (χ1) is 7.95. The molecule has 2 aliphatic carbocycles. The van der Waals surface area contributed by atoms with E-state index in [0.717, 1.165) is 19.1 Å². The van der Waals surface area contributed by atoms with Crippen LogP contribution in [0.5, 0.6) is 0 Å². The average Bonchev–Trinajstić information content (AvgIpc) is 2.59. The molecule has 0 aromatic carbocycles. The Labute approximate surface area is 99.6 Å². The molecule has 1 fully saturated rings. The van der Waals surface area contributed by atoms with E-state index in [1.807, 2.05) is 0 Å². The topological polar surface area (TPSA) is 9.23 Å². The van der Waals surface area contributed by atoms with Gasteiger partial charge in [-0.1, -0.05) is 43.9 Å². The van der Waals surface area contributed by atoms with Gasteiger partial charge in [0.15, 0.2) is 0 Å². The van der Waals surface area contributed by atoms with Gasteiger partial charge in [0.2, 0.25) is 0 Å². The Hall–Kier alpha value is -0.560. The van der Waals surface area contributed by atoms with Gasteiger partial charge in [0.25, 0.3) is 0 Å². The summed E-state index contributed by atoms with van der Waals surface area (Å²) in [4.78, 5) is 0. The molecule has 1 heteroatoms. The summed E-state index contributed by atoms with van der Waals surface area (Å²) < 4.78 is 5.85. The molecular formula is C15H24O. The van der Waals surface area contributed by atoms with Crippen molar-refractivity contribution in [3.05, 3.63) is 23.8 Å². The van der Waals surface area contributed by atoms with Crippen molar-refractivity contribution in [3.63, 3.8) is 0 Å². The zero-order valence-electron chi connectivity index (χ0n) is 10.3. The number of allylic oxidation sites excluding steroid dienone is 2. The summed E-state index contributed by atoms with van der Waals surface area (Å²) in [6, 6.07) is 0. The van der Waals surface area contributed by atoms with Crippen molar-refractivity contribution < 1.29 is 4.74 Å². The Morgan fingerprint density at radius 3 is 2.56 bits per heavy atom. The van der Waals surface area contributed by atoms with Crippen LogP contribution in [0.1, 0.15) is 51.4 Å². The fourth-order valence-corrected chi connectivity index (χ4v) is 2.65. The largest absolute Gasteiger partial charge is 0.376 e. The number of hydrogen-bond acceptors (Lipinski definition) is 1. The van der Waals surface area contributed by atoms with Crippen LogP contribution in [0.4, 0.5) is 0 Å². The van der Waals surface area contributed by atoms with E-state index in [1.165, 1.54) is 56.9 Å². The monoisotopic (exact) mass is 220 g/mol. The molecule has 0 aliphatic heterocycles. The highest BCUT2D eigenvalue weighted by molar-refractivity contribution is 5.22. The quantitative estimate of drug-likeness (QED) is 0.644. The lowest BCUT2D eigenvalue weighted by Gasteiger charge is -2.15. The second-order valence-corrected chi connectivity index (χ2v) is 5.13. The van der Waals surface area contributed by atoms with E-state index in [2.05, 4.69) is 18.2 Å². The molecular weight excluding hydrogens is 196 g/mol. The van der Waals surface area contributed by atoms with Gasteiger partial charge in [0.1, 0.15) is 0 Å². The van der Waals surface area contributed by atoms with Crippen LogP contribution in [0.15, 0.2) is 23.8 Å². The van der Waals surface area contributed by atoms with Crippen molar-refractivity contribution in [3.8, 4) is 0 Å². The highest BCUT2D eigenvalue weighted by Gasteiger charge is 2.12. The smallest absolute Gasteiger partial charge is 0.0713 e. The molecule has 90 valence electrons. The molecule has 0 bridgehead atoms. The second kappa shape index (κ2) is 6.90. The highest BCUT2D eigenvalue weighted by Crippen LogP contribution is 2.23. The maximum Gasteiger partial charge on any atom is 0.0713 e. The predicted octanol–water partition coefficient (Wildman–Crippen LogP) is 4.25. The Balaban J connectivity index is 1.63. The molecule has 2 rings (SSSR count). The molecule has 0 spiro atoms. The molecule has 0 N–H and O–H groups in total. The summed E-state index contributed by atoms with van der Waals surface area (Å²) >= 11 is 0. The fourth-order valence-electron chi connectivity index (χ4n) is 2.65. The zero-order valence-corrected chi connectivity index (χ0v) is 10.3. The first kappa shape index (κ1) is 11.9. The van der Waals surface area contributed by atoms with E-state index in [1.54, 1.807) is 0 Å². The lowest BCUT2D eigenvalue weighted by atomic mass is 10.0. The van der Waals surface area contributed by atoms with Gasteiger partial charge in [-0.3, -0.25) is 0 Å². The Bertz CT molecular complexity index is 244. The molecule has 1 saturated carbocycles. The van der Waals surface area contributed by atoms with Crippen molar-refractivity contribution in [2.45, 2.75) is 51.4 Å². The number of rotatable bonds is 4. The standard InChI is InChI=1S/C15H24O/c1-2-5-9-14(8-4-1)12-16-13-15-10-6-3-7-11-15/h6,10-11,14H,1-5,7-9,12-13H2. The van der Waals surface area contributed by atoms with Gasteiger partial charge in [-0.15, -0.1) is 0 Å². The number of hydrogen-bond donors (Lipinski definition) is 0. The molecule has 16 heavy (non-hydrogen) atoms. The maximum absolute atomic E-state index is 5.85. The SMILES string of the molecule is C1=CC(COCC2CCCCCC2)=CCC1. The third-order valence-corrected chi connectivity index (χ3v) is 3.67. The van der Waals surface area contributed by atoms with Gasteiger partial charge in [0.05, 0.1) is 6.61 Å². The van der Waals surface area contributed by atoms with Crippen LogP contribution in [-0.2, 0) is 4.74 Å². The first-order valence-corrected chi connectivity index (χ1v) is 6.88. The summed E-state index contributed by atoms with van der Waals surface area (Å²) in [6.07, 6.45) is 17.6. The summed E-state index contributed by atoms with van der Waals surface area (Å²) in [7, 11) is 0. The molecule has 1 nitrogen and oxygen atoms in total. The molecule has 0 unspecified atom stereocenters. The van der Waals surface area contributed by atoms with Crippen molar-refractivity contribution >= 4 is 0 Å². The van der Waals surface area contributed by atoms with Crippen LogP contribution < -0.4 is 0 Å². The Kier molecular flexibility index (Phi) is 5.14. The molecule has 0 radical (unpaired) electrons. The lowest BCUT2D eigenvalue weighted by Crippen LogP contribution is -2.10.